The highest BCUT2D eigenvalue weighted by molar-refractivity contribution is 14.1. The molecule has 0 N–H and O–H groups in total. The molecule has 0 spiro atoms. The van der Waals surface area contributed by atoms with Crippen LogP contribution < -0.4 is 0 Å². The molecule has 0 aliphatic carbocycles. The summed E-state index contributed by atoms with van der Waals surface area (Å²) in [5.74, 6) is 0.716. The van der Waals surface area contributed by atoms with Crippen LogP contribution >= 0.6 is 34.2 Å². The Bertz CT molecular complexity index is 577. The molecule has 0 aliphatic heterocycles. The molecule has 1 aromatic heterocycles. The van der Waals surface area contributed by atoms with Gasteiger partial charge in [-0.3, -0.25) is 0 Å². The molecule has 1 aromatic carbocycles. The first kappa shape index (κ1) is 13.7. The highest BCUT2D eigenvalue weighted by Gasteiger charge is 2.13. The van der Waals surface area contributed by atoms with Gasteiger partial charge in [-0.25, -0.2) is 9.97 Å². The maximum atomic E-state index is 6.15. The summed E-state index contributed by atoms with van der Waals surface area (Å²) in [6.45, 7) is 8.22. The molecule has 2 rings (SSSR count). The number of rotatable bonds is 1. The molecule has 0 unspecified atom stereocenters. The first-order chi connectivity index (χ1) is 8.40. The Morgan fingerprint density at radius 1 is 1.00 bits per heavy atom. The molecule has 0 amide bonds. The maximum absolute atomic E-state index is 6.15. The summed E-state index contributed by atoms with van der Waals surface area (Å²) in [6.07, 6.45) is 0. The fraction of sp³-hybridized carbons (Fsp3) is 0.286. The Labute approximate surface area is 126 Å². The lowest BCUT2D eigenvalue weighted by atomic mass is 9.99. The lowest BCUT2D eigenvalue weighted by molar-refractivity contribution is 1.08. The van der Waals surface area contributed by atoms with E-state index in [9.17, 15) is 0 Å². The van der Waals surface area contributed by atoms with Crippen molar-refractivity contribution >= 4 is 34.2 Å². The van der Waals surface area contributed by atoms with Crippen molar-refractivity contribution < 1.29 is 0 Å². The minimum Gasteiger partial charge on any atom is -0.232 e. The Balaban J connectivity index is 2.70. The van der Waals surface area contributed by atoms with Crippen LogP contribution in [-0.2, 0) is 0 Å². The first-order valence-electron chi connectivity index (χ1n) is 5.68. The van der Waals surface area contributed by atoms with E-state index in [1.165, 1.54) is 16.7 Å². The monoisotopic (exact) mass is 372 g/mol. The topological polar surface area (TPSA) is 25.8 Å². The molecule has 0 bridgehead atoms. The number of hydrogen-bond donors (Lipinski definition) is 0. The third-order valence-corrected chi connectivity index (χ3v) is 4.76. The van der Waals surface area contributed by atoms with E-state index in [2.05, 4.69) is 65.5 Å². The Kier molecular flexibility index (Phi) is 3.92. The SMILES string of the molecule is Cc1cc(C)c(-c2nc(C)c(I)c(Cl)n2)c(C)c1. The van der Waals surface area contributed by atoms with Gasteiger partial charge in [-0.05, 0) is 61.4 Å². The van der Waals surface area contributed by atoms with Crippen LogP contribution in [0.3, 0.4) is 0 Å². The van der Waals surface area contributed by atoms with Gasteiger partial charge < -0.3 is 0 Å². The van der Waals surface area contributed by atoms with E-state index in [0.717, 1.165) is 14.8 Å². The van der Waals surface area contributed by atoms with Gasteiger partial charge in [0.15, 0.2) is 5.82 Å². The van der Waals surface area contributed by atoms with Crippen LogP contribution in [0.5, 0.6) is 0 Å². The van der Waals surface area contributed by atoms with Crippen molar-refractivity contribution in [3.63, 3.8) is 0 Å². The molecule has 0 saturated heterocycles. The van der Waals surface area contributed by atoms with Crippen LogP contribution in [-0.4, -0.2) is 9.97 Å². The molecule has 4 heteroatoms. The number of aromatic nitrogens is 2. The average Bonchev–Trinajstić information content (AvgIpc) is 2.24. The average molecular weight is 373 g/mol. The zero-order chi connectivity index (χ0) is 13.4. The second-order valence-electron chi connectivity index (χ2n) is 4.51. The number of halogens is 2. The molecular weight excluding hydrogens is 359 g/mol. The highest BCUT2D eigenvalue weighted by Crippen LogP contribution is 2.28. The normalized spacial score (nSPS) is 10.8. The van der Waals surface area contributed by atoms with Crippen molar-refractivity contribution in [3.8, 4) is 11.4 Å². The van der Waals surface area contributed by atoms with Gasteiger partial charge in [-0.15, -0.1) is 0 Å². The zero-order valence-corrected chi connectivity index (χ0v) is 13.7. The van der Waals surface area contributed by atoms with Crippen molar-refractivity contribution in [2.75, 3.05) is 0 Å². The summed E-state index contributed by atoms with van der Waals surface area (Å²) < 4.78 is 0.917. The van der Waals surface area contributed by atoms with Crippen molar-refractivity contribution in [1.29, 1.82) is 0 Å². The molecule has 2 nitrogen and oxygen atoms in total. The van der Waals surface area contributed by atoms with E-state index in [-0.39, 0.29) is 0 Å². The fourth-order valence-corrected chi connectivity index (χ4v) is 2.63. The van der Waals surface area contributed by atoms with Gasteiger partial charge in [0.1, 0.15) is 5.15 Å². The van der Waals surface area contributed by atoms with Gasteiger partial charge in [0, 0.05) is 5.56 Å². The van der Waals surface area contributed by atoms with Crippen LogP contribution in [0.25, 0.3) is 11.4 Å². The highest BCUT2D eigenvalue weighted by atomic mass is 127. The van der Waals surface area contributed by atoms with Crippen molar-refractivity contribution in [1.82, 2.24) is 9.97 Å². The second-order valence-corrected chi connectivity index (χ2v) is 5.95. The summed E-state index contributed by atoms with van der Waals surface area (Å²) in [5, 5.41) is 0.525. The summed E-state index contributed by atoms with van der Waals surface area (Å²) in [4.78, 5) is 8.95. The lowest BCUT2D eigenvalue weighted by Gasteiger charge is -2.11. The number of hydrogen-bond acceptors (Lipinski definition) is 2. The minimum absolute atomic E-state index is 0.525. The fourth-order valence-electron chi connectivity index (χ4n) is 2.17. The van der Waals surface area contributed by atoms with E-state index < -0.39 is 0 Å². The Morgan fingerprint density at radius 2 is 1.56 bits per heavy atom. The van der Waals surface area contributed by atoms with Crippen LogP contribution in [0.2, 0.25) is 5.15 Å². The third-order valence-electron chi connectivity index (χ3n) is 2.88. The quantitative estimate of drug-likeness (QED) is 0.538. The standard InChI is InChI=1S/C14H14ClIN2/c1-7-5-8(2)11(9(3)6-7)14-17-10(4)12(16)13(15)18-14/h5-6H,1-4H3. The third kappa shape index (κ3) is 2.52. The van der Waals surface area contributed by atoms with Gasteiger partial charge in [0.05, 0.1) is 9.26 Å². The van der Waals surface area contributed by atoms with Crippen molar-refractivity contribution in [2.45, 2.75) is 27.7 Å². The predicted molar refractivity (Wildman–Crippen MR) is 84.1 cm³/mol. The molecule has 2 aromatic rings. The minimum atomic E-state index is 0.525. The van der Waals surface area contributed by atoms with Crippen LogP contribution in [0.1, 0.15) is 22.4 Å². The molecule has 0 fully saturated rings. The van der Waals surface area contributed by atoms with Crippen LogP contribution in [0, 0.1) is 31.3 Å². The molecule has 0 atom stereocenters. The Morgan fingerprint density at radius 3 is 2.06 bits per heavy atom. The van der Waals surface area contributed by atoms with Gasteiger partial charge in [-0.2, -0.15) is 0 Å². The number of nitrogens with zero attached hydrogens (tertiary/aromatic N) is 2. The molecule has 0 aliphatic rings. The first-order valence-corrected chi connectivity index (χ1v) is 7.13. The largest absolute Gasteiger partial charge is 0.232 e. The number of aryl methyl sites for hydroxylation is 4. The second kappa shape index (κ2) is 5.13. The van der Waals surface area contributed by atoms with Gasteiger partial charge in [0.25, 0.3) is 0 Å². The predicted octanol–water partition coefficient (Wildman–Crippen LogP) is 4.64. The molecule has 0 saturated carbocycles. The summed E-state index contributed by atoms with van der Waals surface area (Å²) in [6, 6.07) is 4.29. The summed E-state index contributed by atoms with van der Waals surface area (Å²) in [5.41, 5.74) is 5.63. The van der Waals surface area contributed by atoms with Crippen molar-refractivity contribution in [3.05, 3.63) is 43.2 Å². The van der Waals surface area contributed by atoms with Gasteiger partial charge >= 0.3 is 0 Å². The molecule has 0 radical (unpaired) electrons. The summed E-state index contributed by atoms with van der Waals surface area (Å²) in [7, 11) is 0. The van der Waals surface area contributed by atoms with Gasteiger partial charge in [-0.1, -0.05) is 29.3 Å². The van der Waals surface area contributed by atoms with E-state index in [1.807, 2.05) is 6.92 Å². The van der Waals surface area contributed by atoms with E-state index in [0.29, 0.717) is 11.0 Å². The van der Waals surface area contributed by atoms with Crippen molar-refractivity contribution in [2.24, 2.45) is 0 Å². The molecular formula is C14H14ClIN2. The number of benzene rings is 1. The Hall–Kier alpha value is -0.680. The zero-order valence-electron chi connectivity index (χ0n) is 10.8. The maximum Gasteiger partial charge on any atom is 0.161 e. The molecule has 94 valence electrons. The smallest absolute Gasteiger partial charge is 0.161 e. The van der Waals surface area contributed by atoms with Gasteiger partial charge in [0.2, 0.25) is 0 Å². The lowest BCUT2D eigenvalue weighted by Crippen LogP contribution is -2.00. The van der Waals surface area contributed by atoms with E-state index >= 15 is 0 Å². The molecule has 1 heterocycles. The van der Waals surface area contributed by atoms with E-state index in [4.69, 9.17) is 11.6 Å². The van der Waals surface area contributed by atoms with Crippen LogP contribution in [0.15, 0.2) is 12.1 Å². The molecule has 18 heavy (non-hydrogen) atoms. The van der Waals surface area contributed by atoms with Crippen LogP contribution in [0.4, 0.5) is 0 Å². The van der Waals surface area contributed by atoms with E-state index in [1.54, 1.807) is 0 Å². The summed E-state index contributed by atoms with van der Waals surface area (Å²) >= 11 is 8.32.